The lowest BCUT2D eigenvalue weighted by molar-refractivity contribution is -0.140. The Morgan fingerprint density at radius 2 is 1.68 bits per heavy atom. The zero-order valence-electron chi connectivity index (χ0n) is 13.8. The maximum atomic E-state index is 13.2. The van der Waals surface area contributed by atoms with Crippen LogP contribution < -0.4 is 5.32 Å². The van der Waals surface area contributed by atoms with Crippen molar-refractivity contribution < 1.29 is 18.4 Å². The van der Waals surface area contributed by atoms with Crippen LogP contribution in [-0.4, -0.2) is 66.3 Å². The Balaban J connectivity index is 0.00000225. The van der Waals surface area contributed by atoms with E-state index < -0.39 is 24.9 Å². The summed E-state index contributed by atoms with van der Waals surface area (Å²) in [5, 5.41) is 2.59. The molecule has 25 heavy (non-hydrogen) atoms. The van der Waals surface area contributed by atoms with Gasteiger partial charge in [0, 0.05) is 32.6 Å². The van der Waals surface area contributed by atoms with Crippen molar-refractivity contribution >= 4 is 24.2 Å². The van der Waals surface area contributed by atoms with E-state index in [2.05, 4.69) is 5.32 Å². The molecule has 0 aromatic heterocycles. The first-order valence-corrected chi connectivity index (χ1v) is 8.16. The number of benzene rings is 1. The molecule has 2 fully saturated rings. The Morgan fingerprint density at radius 3 is 2.24 bits per heavy atom. The van der Waals surface area contributed by atoms with Crippen molar-refractivity contribution in [3.05, 3.63) is 35.9 Å². The lowest BCUT2D eigenvalue weighted by Gasteiger charge is -2.36. The first kappa shape index (κ1) is 19.6. The van der Waals surface area contributed by atoms with Crippen LogP contribution in [0.5, 0.6) is 0 Å². The summed E-state index contributed by atoms with van der Waals surface area (Å²) in [5.74, 6) is -3.07. The SMILES string of the molecule is Cl.O=C(Cc1ccccc1)N1CCN(C(=O)C2CC(F)(F)CN2)CC1. The van der Waals surface area contributed by atoms with Crippen LogP contribution in [0.25, 0.3) is 0 Å². The fourth-order valence-electron chi connectivity index (χ4n) is 3.17. The van der Waals surface area contributed by atoms with Crippen LogP contribution in [0.1, 0.15) is 12.0 Å². The number of piperazine rings is 1. The first-order chi connectivity index (χ1) is 11.4. The Bertz CT molecular complexity index is 607. The van der Waals surface area contributed by atoms with Crippen LogP contribution in [0.4, 0.5) is 8.78 Å². The predicted octanol–water partition coefficient (Wildman–Crippen LogP) is 1.32. The Labute approximate surface area is 151 Å². The van der Waals surface area contributed by atoms with Gasteiger partial charge in [-0.3, -0.25) is 14.9 Å². The molecule has 0 saturated carbocycles. The van der Waals surface area contributed by atoms with E-state index in [1.807, 2.05) is 30.3 Å². The molecule has 2 heterocycles. The molecule has 2 aliphatic heterocycles. The van der Waals surface area contributed by atoms with Crippen LogP contribution in [-0.2, 0) is 16.0 Å². The zero-order valence-corrected chi connectivity index (χ0v) is 14.6. The van der Waals surface area contributed by atoms with Crippen LogP contribution in [0.2, 0.25) is 0 Å². The second-order valence-corrected chi connectivity index (χ2v) is 6.36. The average Bonchev–Trinajstić information content (AvgIpc) is 2.95. The highest BCUT2D eigenvalue weighted by molar-refractivity contribution is 5.85. The second kappa shape index (κ2) is 8.10. The number of carbonyl (C=O) groups is 2. The average molecular weight is 374 g/mol. The largest absolute Gasteiger partial charge is 0.339 e. The topological polar surface area (TPSA) is 52.7 Å². The number of alkyl halides is 2. The third kappa shape index (κ3) is 4.89. The summed E-state index contributed by atoms with van der Waals surface area (Å²) in [4.78, 5) is 27.9. The van der Waals surface area contributed by atoms with E-state index in [4.69, 9.17) is 0 Å². The Kier molecular flexibility index (Phi) is 6.35. The molecule has 0 spiro atoms. The van der Waals surface area contributed by atoms with E-state index >= 15 is 0 Å². The van der Waals surface area contributed by atoms with Gasteiger partial charge in [0.1, 0.15) is 0 Å². The maximum absolute atomic E-state index is 13.2. The van der Waals surface area contributed by atoms with Crippen LogP contribution in [0.3, 0.4) is 0 Å². The molecule has 2 saturated heterocycles. The number of hydrogen-bond acceptors (Lipinski definition) is 3. The molecule has 0 aliphatic carbocycles. The quantitative estimate of drug-likeness (QED) is 0.869. The normalized spacial score (nSPS) is 22.4. The van der Waals surface area contributed by atoms with E-state index in [0.29, 0.717) is 32.6 Å². The minimum absolute atomic E-state index is 0. The molecule has 138 valence electrons. The van der Waals surface area contributed by atoms with Crippen molar-refractivity contribution in [3.8, 4) is 0 Å². The van der Waals surface area contributed by atoms with E-state index in [-0.39, 0.29) is 24.2 Å². The summed E-state index contributed by atoms with van der Waals surface area (Å²) in [6, 6.07) is 8.69. The molecule has 3 rings (SSSR count). The number of nitrogens with zero attached hydrogens (tertiary/aromatic N) is 2. The molecule has 2 aliphatic rings. The van der Waals surface area contributed by atoms with Gasteiger partial charge in [0.15, 0.2) is 0 Å². The molecular weight excluding hydrogens is 352 g/mol. The second-order valence-electron chi connectivity index (χ2n) is 6.36. The maximum Gasteiger partial charge on any atom is 0.262 e. The van der Waals surface area contributed by atoms with E-state index in [1.165, 1.54) is 0 Å². The number of nitrogens with one attached hydrogen (secondary N) is 1. The summed E-state index contributed by atoms with van der Waals surface area (Å²) in [6.07, 6.45) is -0.107. The summed E-state index contributed by atoms with van der Waals surface area (Å²) >= 11 is 0. The molecule has 1 N–H and O–H groups in total. The lowest BCUT2D eigenvalue weighted by atomic mass is 10.1. The lowest BCUT2D eigenvalue weighted by Crippen LogP contribution is -2.54. The summed E-state index contributed by atoms with van der Waals surface area (Å²) in [6.45, 7) is 1.23. The minimum atomic E-state index is -2.81. The molecular formula is C17H22ClF2N3O2. The molecule has 0 radical (unpaired) electrons. The van der Waals surface area contributed by atoms with Gasteiger partial charge < -0.3 is 9.80 Å². The van der Waals surface area contributed by atoms with Crippen molar-refractivity contribution in [2.45, 2.75) is 24.8 Å². The summed E-state index contributed by atoms with van der Waals surface area (Å²) in [7, 11) is 0. The molecule has 0 bridgehead atoms. The van der Waals surface area contributed by atoms with Gasteiger partial charge in [-0.05, 0) is 5.56 Å². The van der Waals surface area contributed by atoms with Crippen molar-refractivity contribution in [2.24, 2.45) is 0 Å². The van der Waals surface area contributed by atoms with Gasteiger partial charge in [-0.25, -0.2) is 8.78 Å². The van der Waals surface area contributed by atoms with Gasteiger partial charge in [-0.2, -0.15) is 0 Å². The van der Waals surface area contributed by atoms with Crippen molar-refractivity contribution in [3.63, 3.8) is 0 Å². The molecule has 1 aromatic carbocycles. The number of amides is 2. The van der Waals surface area contributed by atoms with Gasteiger partial charge in [-0.1, -0.05) is 30.3 Å². The van der Waals surface area contributed by atoms with Crippen molar-refractivity contribution in [1.29, 1.82) is 0 Å². The molecule has 8 heteroatoms. The van der Waals surface area contributed by atoms with Crippen LogP contribution >= 0.6 is 12.4 Å². The summed E-state index contributed by atoms with van der Waals surface area (Å²) in [5.41, 5.74) is 0.957. The van der Waals surface area contributed by atoms with Crippen LogP contribution in [0, 0.1) is 0 Å². The number of rotatable bonds is 3. The summed E-state index contributed by atoms with van der Waals surface area (Å²) < 4.78 is 26.4. The third-order valence-electron chi connectivity index (χ3n) is 4.55. The van der Waals surface area contributed by atoms with E-state index in [9.17, 15) is 18.4 Å². The Morgan fingerprint density at radius 1 is 1.08 bits per heavy atom. The number of carbonyl (C=O) groups excluding carboxylic acids is 2. The monoisotopic (exact) mass is 373 g/mol. The van der Waals surface area contributed by atoms with Gasteiger partial charge in [0.2, 0.25) is 11.8 Å². The fraction of sp³-hybridized carbons (Fsp3) is 0.529. The molecule has 5 nitrogen and oxygen atoms in total. The molecule has 1 aromatic rings. The number of halogens is 3. The predicted molar refractivity (Wildman–Crippen MR) is 91.9 cm³/mol. The van der Waals surface area contributed by atoms with Crippen molar-refractivity contribution in [1.82, 2.24) is 15.1 Å². The van der Waals surface area contributed by atoms with Crippen molar-refractivity contribution in [2.75, 3.05) is 32.7 Å². The van der Waals surface area contributed by atoms with E-state index in [0.717, 1.165) is 5.56 Å². The first-order valence-electron chi connectivity index (χ1n) is 8.16. The molecule has 2 amide bonds. The van der Waals surface area contributed by atoms with Gasteiger partial charge in [-0.15, -0.1) is 12.4 Å². The molecule has 1 unspecified atom stereocenters. The van der Waals surface area contributed by atoms with Crippen LogP contribution in [0.15, 0.2) is 30.3 Å². The Hall–Kier alpha value is -1.73. The minimum Gasteiger partial charge on any atom is -0.339 e. The highest BCUT2D eigenvalue weighted by atomic mass is 35.5. The van der Waals surface area contributed by atoms with E-state index in [1.54, 1.807) is 9.80 Å². The number of hydrogen-bond donors (Lipinski definition) is 1. The smallest absolute Gasteiger partial charge is 0.262 e. The zero-order chi connectivity index (χ0) is 17.2. The van der Waals surface area contributed by atoms with Gasteiger partial charge in [0.05, 0.1) is 19.0 Å². The fourth-order valence-corrected chi connectivity index (χ4v) is 3.17. The van der Waals surface area contributed by atoms with Gasteiger partial charge in [0.25, 0.3) is 5.92 Å². The standard InChI is InChI=1S/C17H21F2N3O2.ClH/c18-17(19)11-14(20-12-17)16(24)22-8-6-21(7-9-22)15(23)10-13-4-2-1-3-5-13;/h1-5,14,20H,6-12H2;1H. The molecule has 1 atom stereocenters. The van der Waals surface area contributed by atoms with Gasteiger partial charge >= 0.3 is 0 Å². The highest BCUT2D eigenvalue weighted by Gasteiger charge is 2.43. The highest BCUT2D eigenvalue weighted by Crippen LogP contribution is 2.26. The third-order valence-corrected chi connectivity index (χ3v) is 4.55.